The first-order valence-electron chi connectivity index (χ1n) is 7.46. The number of ether oxygens (including phenoxy) is 2. The molecule has 0 aliphatic carbocycles. The van der Waals surface area contributed by atoms with Crippen molar-refractivity contribution in [1.82, 2.24) is 0 Å². The molecule has 3 rings (SSSR count). The first-order chi connectivity index (χ1) is 12.0. The van der Waals surface area contributed by atoms with Crippen LogP contribution < -0.4 is 15.1 Å². The van der Waals surface area contributed by atoms with Crippen molar-refractivity contribution >= 4 is 16.7 Å². The maximum Gasteiger partial charge on any atom is 0.336 e. The summed E-state index contributed by atoms with van der Waals surface area (Å²) >= 11 is 0. The molecule has 0 aliphatic rings. The largest absolute Gasteiger partial charge is 0.497 e. The molecule has 7 nitrogen and oxygen atoms in total. The Bertz CT molecular complexity index is 1010. The molecule has 1 heterocycles. The van der Waals surface area contributed by atoms with Crippen LogP contribution in [-0.2, 0) is 6.61 Å². The third-order valence-corrected chi connectivity index (χ3v) is 3.73. The second-order valence-electron chi connectivity index (χ2n) is 5.47. The monoisotopic (exact) mass is 341 g/mol. The number of nitro groups is 1. The van der Waals surface area contributed by atoms with Gasteiger partial charge >= 0.3 is 11.3 Å². The number of nitro benzene ring substituents is 1. The number of benzene rings is 2. The summed E-state index contributed by atoms with van der Waals surface area (Å²) in [4.78, 5) is 22.4. The van der Waals surface area contributed by atoms with E-state index in [0.29, 0.717) is 22.3 Å². The van der Waals surface area contributed by atoms with Crippen LogP contribution in [0.15, 0.2) is 51.7 Å². The summed E-state index contributed by atoms with van der Waals surface area (Å²) in [5, 5.41) is 11.8. The highest BCUT2D eigenvalue weighted by Gasteiger charge is 2.16. The molecule has 0 fully saturated rings. The molecule has 0 N–H and O–H groups in total. The molecule has 0 saturated carbocycles. The summed E-state index contributed by atoms with van der Waals surface area (Å²) in [6, 6.07) is 11.1. The topological polar surface area (TPSA) is 91.8 Å². The van der Waals surface area contributed by atoms with Crippen LogP contribution in [0.3, 0.4) is 0 Å². The fourth-order valence-corrected chi connectivity index (χ4v) is 2.50. The number of nitrogens with zero attached hydrogens (tertiary/aromatic N) is 1. The zero-order chi connectivity index (χ0) is 18.0. The SMILES string of the molecule is COc1ccc2c(COc3ccc(C)cc3[N+](=O)[O-])cc(=O)oc2c1. The van der Waals surface area contributed by atoms with Crippen LogP contribution in [0, 0.1) is 17.0 Å². The summed E-state index contributed by atoms with van der Waals surface area (Å²) in [7, 11) is 1.52. The number of rotatable bonds is 5. The maximum absolute atomic E-state index is 11.8. The van der Waals surface area contributed by atoms with E-state index in [9.17, 15) is 14.9 Å². The molecule has 3 aromatic rings. The van der Waals surface area contributed by atoms with Gasteiger partial charge in [-0.1, -0.05) is 6.07 Å². The van der Waals surface area contributed by atoms with Crippen molar-refractivity contribution in [3.8, 4) is 11.5 Å². The Morgan fingerprint density at radius 2 is 1.96 bits per heavy atom. The average molecular weight is 341 g/mol. The van der Waals surface area contributed by atoms with Crippen LogP contribution in [0.25, 0.3) is 11.0 Å². The highest BCUT2D eigenvalue weighted by Crippen LogP contribution is 2.29. The Hall–Kier alpha value is -3.35. The minimum Gasteiger partial charge on any atom is -0.497 e. The van der Waals surface area contributed by atoms with Gasteiger partial charge in [0, 0.05) is 29.1 Å². The fraction of sp³-hybridized carbons (Fsp3) is 0.167. The Balaban J connectivity index is 1.97. The summed E-state index contributed by atoms with van der Waals surface area (Å²) in [6.07, 6.45) is 0. The van der Waals surface area contributed by atoms with E-state index in [2.05, 4.69) is 0 Å². The number of hydrogen-bond acceptors (Lipinski definition) is 6. The lowest BCUT2D eigenvalue weighted by Gasteiger charge is -2.09. The van der Waals surface area contributed by atoms with Gasteiger partial charge in [-0.05, 0) is 30.7 Å². The van der Waals surface area contributed by atoms with Gasteiger partial charge in [0.2, 0.25) is 0 Å². The van der Waals surface area contributed by atoms with Crippen LogP contribution in [-0.4, -0.2) is 12.0 Å². The second-order valence-corrected chi connectivity index (χ2v) is 5.47. The van der Waals surface area contributed by atoms with Crippen LogP contribution >= 0.6 is 0 Å². The van der Waals surface area contributed by atoms with Crippen LogP contribution in [0.1, 0.15) is 11.1 Å². The van der Waals surface area contributed by atoms with Crippen molar-refractivity contribution in [2.24, 2.45) is 0 Å². The molecule has 0 saturated heterocycles. The number of fused-ring (bicyclic) bond motifs is 1. The normalized spacial score (nSPS) is 10.6. The summed E-state index contributed by atoms with van der Waals surface area (Å²) in [5.74, 6) is 0.702. The van der Waals surface area contributed by atoms with Gasteiger partial charge in [0.15, 0.2) is 5.75 Å². The smallest absolute Gasteiger partial charge is 0.336 e. The molecule has 1 aromatic heterocycles. The van der Waals surface area contributed by atoms with Crippen molar-refractivity contribution in [3.05, 3.63) is 74.1 Å². The van der Waals surface area contributed by atoms with Crippen LogP contribution in [0.2, 0.25) is 0 Å². The van der Waals surface area contributed by atoms with Gasteiger partial charge in [0.05, 0.1) is 12.0 Å². The Morgan fingerprint density at radius 3 is 2.68 bits per heavy atom. The highest BCUT2D eigenvalue weighted by atomic mass is 16.6. The Kier molecular flexibility index (Phi) is 4.38. The zero-order valence-corrected chi connectivity index (χ0v) is 13.6. The van der Waals surface area contributed by atoms with Gasteiger partial charge in [-0.3, -0.25) is 10.1 Å². The van der Waals surface area contributed by atoms with Gasteiger partial charge in [-0.2, -0.15) is 0 Å². The van der Waals surface area contributed by atoms with Gasteiger partial charge in [0.1, 0.15) is 17.9 Å². The second kappa shape index (κ2) is 6.64. The molecule has 7 heteroatoms. The van der Waals surface area contributed by atoms with Gasteiger partial charge in [-0.15, -0.1) is 0 Å². The van der Waals surface area contributed by atoms with Gasteiger partial charge in [-0.25, -0.2) is 4.79 Å². The first-order valence-corrected chi connectivity index (χ1v) is 7.46. The predicted octanol–water partition coefficient (Wildman–Crippen LogP) is 3.60. The molecule has 0 atom stereocenters. The minimum absolute atomic E-state index is 0.00166. The summed E-state index contributed by atoms with van der Waals surface area (Å²) in [6.45, 7) is 1.76. The van der Waals surface area contributed by atoms with Crippen molar-refractivity contribution < 1.29 is 18.8 Å². The van der Waals surface area contributed by atoms with E-state index in [0.717, 1.165) is 5.56 Å². The number of hydrogen-bond donors (Lipinski definition) is 0. The first kappa shape index (κ1) is 16.5. The molecule has 0 bridgehead atoms. The molecule has 25 heavy (non-hydrogen) atoms. The Labute approximate surface area is 142 Å². The maximum atomic E-state index is 11.8. The molecule has 0 unspecified atom stereocenters. The molecular weight excluding hydrogens is 326 g/mol. The summed E-state index contributed by atoms with van der Waals surface area (Å²) in [5.41, 5.74) is 1.05. The molecule has 0 amide bonds. The number of methoxy groups -OCH3 is 1. The van der Waals surface area contributed by atoms with Crippen LogP contribution in [0.4, 0.5) is 5.69 Å². The molecule has 0 spiro atoms. The average Bonchev–Trinajstić information content (AvgIpc) is 2.59. The Morgan fingerprint density at radius 1 is 1.16 bits per heavy atom. The van der Waals surface area contributed by atoms with E-state index in [4.69, 9.17) is 13.9 Å². The lowest BCUT2D eigenvalue weighted by molar-refractivity contribution is -0.386. The minimum atomic E-state index is -0.530. The third kappa shape index (κ3) is 3.45. The summed E-state index contributed by atoms with van der Waals surface area (Å²) < 4.78 is 15.9. The molecule has 2 aromatic carbocycles. The standard InChI is InChI=1S/C18H15NO6/c1-11-3-6-16(15(7-11)19(21)22)24-10-12-8-18(20)25-17-9-13(23-2)4-5-14(12)17/h3-9H,10H2,1-2H3. The van der Waals surface area contributed by atoms with Crippen molar-refractivity contribution in [2.45, 2.75) is 13.5 Å². The number of aryl methyl sites for hydroxylation is 1. The van der Waals surface area contributed by atoms with E-state index in [1.165, 1.54) is 19.2 Å². The third-order valence-electron chi connectivity index (χ3n) is 3.73. The van der Waals surface area contributed by atoms with E-state index in [1.54, 1.807) is 37.3 Å². The molecule has 0 radical (unpaired) electrons. The lowest BCUT2D eigenvalue weighted by atomic mass is 10.1. The van der Waals surface area contributed by atoms with Crippen LogP contribution in [0.5, 0.6) is 11.5 Å². The highest BCUT2D eigenvalue weighted by molar-refractivity contribution is 5.81. The zero-order valence-electron chi connectivity index (χ0n) is 13.6. The van der Waals surface area contributed by atoms with Crippen molar-refractivity contribution in [2.75, 3.05) is 7.11 Å². The fourth-order valence-electron chi connectivity index (χ4n) is 2.50. The van der Waals surface area contributed by atoms with E-state index in [1.807, 2.05) is 0 Å². The molecular formula is C18H15NO6. The van der Waals surface area contributed by atoms with Crippen molar-refractivity contribution in [1.29, 1.82) is 0 Å². The predicted molar refractivity (Wildman–Crippen MR) is 91.2 cm³/mol. The van der Waals surface area contributed by atoms with Gasteiger partial charge < -0.3 is 13.9 Å². The lowest BCUT2D eigenvalue weighted by Crippen LogP contribution is -2.05. The van der Waals surface area contributed by atoms with E-state index >= 15 is 0 Å². The molecule has 128 valence electrons. The quantitative estimate of drug-likeness (QED) is 0.400. The van der Waals surface area contributed by atoms with Gasteiger partial charge in [0.25, 0.3) is 0 Å². The van der Waals surface area contributed by atoms with E-state index in [-0.39, 0.29) is 18.0 Å². The van der Waals surface area contributed by atoms with E-state index < -0.39 is 10.5 Å². The van der Waals surface area contributed by atoms with Crippen molar-refractivity contribution in [3.63, 3.8) is 0 Å². The molecule has 0 aliphatic heterocycles.